The summed E-state index contributed by atoms with van der Waals surface area (Å²) in [5.41, 5.74) is 2.57. The molecule has 0 heterocycles. The van der Waals surface area contributed by atoms with E-state index in [1.165, 1.54) is 24.0 Å². The van der Waals surface area contributed by atoms with Crippen LogP contribution in [0.2, 0.25) is 0 Å². The Hall–Kier alpha value is -1.63. The molecule has 0 radical (unpaired) electrons. The SMILES string of the molecule is CN(C)CC(c1ccc(O)cc1)C1(O)CCCCC1.Cc1ccc(C(CN(C)C)C2(O)CCCCC2)cc1.Cl. The van der Waals surface area contributed by atoms with Gasteiger partial charge in [-0.1, -0.05) is 80.5 Å². The lowest BCUT2D eigenvalue weighted by Gasteiger charge is -2.40. The minimum atomic E-state index is -0.598. The molecule has 0 aliphatic heterocycles. The number of likely N-dealkylation sites (N-methyl/N-ethyl adjacent to an activating group) is 2. The van der Waals surface area contributed by atoms with Crippen molar-refractivity contribution in [3.05, 3.63) is 65.2 Å². The van der Waals surface area contributed by atoms with Crippen molar-refractivity contribution in [2.75, 3.05) is 41.3 Å². The quantitative estimate of drug-likeness (QED) is 0.344. The van der Waals surface area contributed by atoms with Crippen molar-refractivity contribution >= 4 is 12.4 Å². The van der Waals surface area contributed by atoms with Crippen molar-refractivity contribution in [1.82, 2.24) is 9.80 Å². The number of nitrogens with zero attached hydrogens (tertiary/aromatic N) is 2. The maximum atomic E-state index is 11.1. The maximum absolute atomic E-state index is 11.1. The van der Waals surface area contributed by atoms with Gasteiger partial charge in [0.25, 0.3) is 0 Å². The van der Waals surface area contributed by atoms with E-state index < -0.39 is 11.2 Å². The maximum Gasteiger partial charge on any atom is 0.115 e. The van der Waals surface area contributed by atoms with E-state index in [4.69, 9.17) is 0 Å². The molecule has 2 unspecified atom stereocenters. The number of phenolic OH excluding ortho intramolecular Hbond substituents is 1. The molecule has 0 bridgehead atoms. The van der Waals surface area contributed by atoms with Crippen molar-refractivity contribution in [3.63, 3.8) is 0 Å². The molecule has 5 nitrogen and oxygen atoms in total. The molecule has 0 aromatic heterocycles. The van der Waals surface area contributed by atoms with E-state index >= 15 is 0 Å². The van der Waals surface area contributed by atoms with E-state index in [-0.39, 0.29) is 30.0 Å². The van der Waals surface area contributed by atoms with Gasteiger partial charge in [0.2, 0.25) is 0 Å². The molecule has 2 saturated carbocycles. The molecule has 2 aromatic rings. The number of phenols is 1. The van der Waals surface area contributed by atoms with Crippen LogP contribution in [0.25, 0.3) is 0 Å². The molecule has 0 amide bonds. The van der Waals surface area contributed by atoms with Crippen LogP contribution < -0.4 is 0 Å². The first-order chi connectivity index (χ1) is 18.0. The average Bonchev–Trinajstić information content (AvgIpc) is 2.88. The highest BCUT2D eigenvalue weighted by Crippen LogP contribution is 2.41. The Bertz CT molecular complexity index is 870. The highest BCUT2D eigenvalue weighted by molar-refractivity contribution is 5.85. The van der Waals surface area contributed by atoms with Gasteiger partial charge in [0.1, 0.15) is 5.75 Å². The Morgan fingerprint density at radius 2 is 0.949 bits per heavy atom. The van der Waals surface area contributed by atoms with Crippen LogP contribution in [0.15, 0.2) is 48.5 Å². The lowest BCUT2D eigenvalue weighted by molar-refractivity contribution is -0.0280. The summed E-state index contributed by atoms with van der Waals surface area (Å²) >= 11 is 0. The molecule has 220 valence electrons. The number of benzene rings is 2. The average molecular weight is 561 g/mol. The van der Waals surface area contributed by atoms with Crippen LogP contribution >= 0.6 is 12.4 Å². The van der Waals surface area contributed by atoms with Crippen LogP contribution in [0.1, 0.15) is 92.7 Å². The minimum Gasteiger partial charge on any atom is -0.508 e. The van der Waals surface area contributed by atoms with E-state index in [1.807, 2.05) is 26.2 Å². The Labute approximate surface area is 243 Å². The second kappa shape index (κ2) is 15.4. The number of aliphatic hydroxyl groups is 2. The molecule has 0 saturated heterocycles. The smallest absolute Gasteiger partial charge is 0.115 e. The highest BCUT2D eigenvalue weighted by atomic mass is 35.5. The van der Waals surface area contributed by atoms with Crippen LogP contribution in [0.5, 0.6) is 5.75 Å². The van der Waals surface area contributed by atoms with E-state index in [0.717, 1.165) is 70.0 Å². The molecule has 0 spiro atoms. The summed E-state index contributed by atoms with van der Waals surface area (Å²) in [4.78, 5) is 4.32. The molecule has 39 heavy (non-hydrogen) atoms. The summed E-state index contributed by atoms with van der Waals surface area (Å²) < 4.78 is 0. The number of hydrogen-bond acceptors (Lipinski definition) is 5. The first-order valence-electron chi connectivity index (χ1n) is 14.6. The second-order valence-corrected chi connectivity index (χ2v) is 12.5. The molecule has 2 fully saturated rings. The molecular weight excluding hydrogens is 508 g/mol. The first-order valence-corrected chi connectivity index (χ1v) is 14.6. The zero-order chi connectivity index (χ0) is 27.8. The number of aromatic hydroxyl groups is 1. The summed E-state index contributed by atoms with van der Waals surface area (Å²) in [6.07, 6.45) is 10.7. The van der Waals surface area contributed by atoms with Gasteiger partial charge >= 0.3 is 0 Å². The molecule has 2 atom stereocenters. The fourth-order valence-electron chi connectivity index (χ4n) is 6.43. The fourth-order valence-corrected chi connectivity index (χ4v) is 6.43. The first kappa shape index (κ1) is 33.6. The van der Waals surface area contributed by atoms with Gasteiger partial charge in [-0.2, -0.15) is 0 Å². The predicted octanol–water partition coefficient (Wildman–Crippen LogP) is 6.49. The van der Waals surface area contributed by atoms with Gasteiger partial charge in [0.05, 0.1) is 11.2 Å². The normalized spacial score (nSPS) is 19.9. The van der Waals surface area contributed by atoms with Crippen molar-refractivity contribution in [2.45, 2.75) is 94.2 Å². The van der Waals surface area contributed by atoms with Crippen LogP contribution in [0, 0.1) is 6.92 Å². The van der Waals surface area contributed by atoms with Crippen molar-refractivity contribution in [2.24, 2.45) is 0 Å². The highest BCUT2D eigenvalue weighted by Gasteiger charge is 2.39. The number of hydrogen-bond donors (Lipinski definition) is 3. The summed E-state index contributed by atoms with van der Waals surface area (Å²) in [6.45, 7) is 3.86. The monoisotopic (exact) mass is 560 g/mol. The van der Waals surface area contributed by atoms with Crippen LogP contribution in [-0.4, -0.2) is 77.6 Å². The van der Waals surface area contributed by atoms with Crippen molar-refractivity contribution < 1.29 is 15.3 Å². The number of rotatable bonds is 8. The standard InChI is InChI=1S/C17H27NO.C16H25NO2.ClH/c1-14-7-9-15(10-8-14)16(13-18(2)3)17(19)11-5-4-6-12-17;1-17(2)12-15(13-6-8-14(18)9-7-13)16(19)10-4-3-5-11-16;/h7-10,16,19H,4-6,11-13H2,1-3H3;6-9,15,18-19H,3-5,10-12H2,1-2H3;1H. The topological polar surface area (TPSA) is 67.2 Å². The van der Waals surface area contributed by atoms with E-state index in [0.29, 0.717) is 0 Å². The summed E-state index contributed by atoms with van der Waals surface area (Å²) in [5.74, 6) is 0.620. The second-order valence-electron chi connectivity index (χ2n) is 12.5. The summed E-state index contributed by atoms with van der Waals surface area (Å²) in [6, 6.07) is 16.0. The van der Waals surface area contributed by atoms with Crippen molar-refractivity contribution in [1.29, 1.82) is 0 Å². The molecule has 3 N–H and O–H groups in total. The number of aryl methyl sites for hydroxylation is 1. The van der Waals surface area contributed by atoms with Gasteiger partial charge in [-0.3, -0.25) is 0 Å². The third-order valence-electron chi connectivity index (χ3n) is 8.61. The summed E-state index contributed by atoms with van der Waals surface area (Å²) in [7, 11) is 8.26. The van der Waals surface area contributed by atoms with Gasteiger partial charge in [0, 0.05) is 24.9 Å². The Morgan fingerprint density at radius 1 is 0.615 bits per heavy atom. The van der Waals surface area contributed by atoms with Gasteiger partial charge in [-0.05, 0) is 84.1 Å². The third-order valence-corrected chi connectivity index (χ3v) is 8.61. The minimum absolute atomic E-state index is 0. The van der Waals surface area contributed by atoms with Gasteiger partial charge < -0.3 is 25.1 Å². The Kier molecular flexibility index (Phi) is 13.3. The molecule has 2 aromatic carbocycles. The number of halogens is 1. The van der Waals surface area contributed by atoms with Gasteiger partial charge in [-0.25, -0.2) is 0 Å². The van der Waals surface area contributed by atoms with E-state index in [2.05, 4.69) is 55.1 Å². The van der Waals surface area contributed by atoms with Crippen molar-refractivity contribution in [3.8, 4) is 5.75 Å². The molecule has 2 aliphatic carbocycles. The van der Waals surface area contributed by atoms with E-state index in [9.17, 15) is 15.3 Å². The van der Waals surface area contributed by atoms with Crippen LogP contribution in [0.3, 0.4) is 0 Å². The lowest BCUT2D eigenvalue weighted by Crippen LogP contribution is -2.42. The van der Waals surface area contributed by atoms with Crippen LogP contribution in [-0.2, 0) is 0 Å². The summed E-state index contributed by atoms with van der Waals surface area (Å²) in [5, 5.41) is 31.5. The fraction of sp³-hybridized carbons (Fsp3) is 0.636. The van der Waals surface area contributed by atoms with Gasteiger partial charge in [-0.15, -0.1) is 12.4 Å². The predicted molar refractivity (Wildman–Crippen MR) is 165 cm³/mol. The largest absolute Gasteiger partial charge is 0.508 e. The molecule has 6 heteroatoms. The molecule has 2 aliphatic rings. The van der Waals surface area contributed by atoms with E-state index in [1.54, 1.807) is 12.1 Å². The Balaban J connectivity index is 0.000000267. The Morgan fingerprint density at radius 3 is 1.28 bits per heavy atom. The van der Waals surface area contributed by atoms with Gasteiger partial charge in [0.15, 0.2) is 0 Å². The zero-order valence-corrected chi connectivity index (χ0v) is 25.7. The molecular formula is C33H53ClN2O3. The lowest BCUT2D eigenvalue weighted by atomic mass is 9.72. The zero-order valence-electron chi connectivity index (χ0n) is 24.9. The van der Waals surface area contributed by atoms with Crippen LogP contribution in [0.4, 0.5) is 0 Å². The third kappa shape index (κ3) is 9.75. The molecule has 4 rings (SSSR count).